The van der Waals surface area contributed by atoms with Crippen molar-refractivity contribution in [1.29, 1.82) is 0 Å². The van der Waals surface area contributed by atoms with Crippen LogP contribution >= 0.6 is 11.6 Å². The molecule has 2 amide bonds. The van der Waals surface area contributed by atoms with Crippen LogP contribution in [0.1, 0.15) is 20.7 Å². The normalized spacial score (nSPS) is 14.3. The van der Waals surface area contributed by atoms with Crippen LogP contribution in [0.3, 0.4) is 0 Å². The maximum Gasteiger partial charge on any atom is 0.257 e. The maximum atomic E-state index is 12.7. The lowest BCUT2D eigenvalue weighted by Crippen LogP contribution is -2.50. The van der Waals surface area contributed by atoms with Crippen LogP contribution < -0.4 is 4.74 Å². The van der Waals surface area contributed by atoms with E-state index in [1.54, 1.807) is 53.3 Å². The average molecular weight is 359 g/mol. The van der Waals surface area contributed by atoms with Crippen LogP contribution in [-0.4, -0.2) is 54.9 Å². The maximum absolute atomic E-state index is 12.7. The molecule has 1 fully saturated rings. The first-order chi connectivity index (χ1) is 12.1. The van der Waals surface area contributed by atoms with E-state index in [-0.39, 0.29) is 11.8 Å². The summed E-state index contributed by atoms with van der Waals surface area (Å²) in [6.45, 7) is 2.00. The second kappa shape index (κ2) is 7.57. The minimum absolute atomic E-state index is 0.0407. The molecule has 1 heterocycles. The SMILES string of the molecule is COc1ccccc1C(=O)N1CCN(C(=O)c2ccc(Cl)cc2)CC1. The first-order valence-electron chi connectivity index (χ1n) is 8.07. The summed E-state index contributed by atoms with van der Waals surface area (Å²) in [5, 5.41) is 0.601. The fourth-order valence-corrected chi connectivity index (χ4v) is 3.01. The lowest BCUT2D eigenvalue weighted by Gasteiger charge is -2.35. The lowest BCUT2D eigenvalue weighted by molar-refractivity contribution is 0.0533. The zero-order chi connectivity index (χ0) is 17.8. The number of halogens is 1. The Balaban J connectivity index is 1.64. The fourth-order valence-electron chi connectivity index (χ4n) is 2.88. The number of carbonyl (C=O) groups excluding carboxylic acids is 2. The standard InChI is InChI=1S/C19H19ClN2O3/c1-25-17-5-3-2-4-16(17)19(24)22-12-10-21(11-13-22)18(23)14-6-8-15(20)9-7-14/h2-9H,10-13H2,1H3. The van der Waals surface area contributed by atoms with Gasteiger partial charge in [0.05, 0.1) is 12.7 Å². The second-order valence-corrected chi connectivity index (χ2v) is 6.23. The third kappa shape index (κ3) is 3.77. The molecule has 1 aliphatic rings. The number of benzene rings is 2. The van der Waals surface area contributed by atoms with E-state index in [0.717, 1.165) is 0 Å². The number of amides is 2. The van der Waals surface area contributed by atoms with E-state index in [4.69, 9.17) is 16.3 Å². The van der Waals surface area contributed by atoms with Gasteiger partial charge in [0.1, 0.15) is 5.75 Å². The molecule has 5 nitrogen and oxygen atoms in total. The van der Waals surface area contributed by atoms with Crippen molar-refractivity contribution in [2.45, 2.75) is 0 Å². The van der Waals surface area contributed by atoms with Gasteiger partial charge in [0.15, 0.2) is 0 Å². The van der Waals surface area contributed by atoms with E-state index in [9.17, 15) is 9.59 Å². The van der Waals surface area contributed by atoms with Crippen molar-refractivity contribution in [3.05, 3.63) is 64.7 Å². The summed E-state index contributed by atoms with van der Waals surface area (Å²) in [5.41, 5.74) is 1.15. The van der Waals surface area contributed by atoms with E-state index in [2.05, 4.69) is 0 Å². The fraction of sp³-hybridized carbons (Fsp3) is 0.263. The van der Waals surface area contributed by atoms with Gasteiger partial charge in [-0.3, -0.25) is 9.59 Å². The van der Waals surface area contributed by atoms with Gasteiger partial charge in [-0.2, -0.15) is 0 Å². The van der Waals surface area contributed by atoms with Crippen molar-refractivity contribution in [2.24, 2.45) is 0 Å². The molecule has 6 heteroatoms. The Kier molecular flexibility index (Phi) is 5.24. The molecule has 3 rings (SSSR count). The molecule has 0 saturated carbocycles. The molecule has 0 spiro atoms. The summed E-state index contributed by atoms with van der Waals surface area (Å²) in [7, 11) is 1.55. The van der Waals surface area contributed by atoms with Gasteiger partial charge in [-0.05, 0) is 36.4 Å². The molecule has 0 N–H and O–H groups in total. The lowest BCUT2D eigenvalue weighted by atomic mass is 10.1. The first-order valence-corrected chi connectivity index (χ1v) is 8.45. The number of hydrogen-bond donors (Lipinski definition) is 0. The summed E-state index contributed by atoms with van der Waals surface area (Å²) < 4.78 is 5.26. The summed E-state index contributed by atoms with van der Waals surface area (Å²) in [6, 6.07) is 14.0. The van der Waals surface area contributed by atoms with E-state index < -0.39 is 0 Å². The molecule has 1 aliphatic heterocycles. The average Bonchev–Trinajstić information content (AvgIpc) is 2.67. The quantitative estimate of drug-likeness (QED) is 0.847. The highest BCUT2D eigenvalue weighted by atomic mass is 35.5. The van der Waals surface area contributed by atoms with Crippen molar-refractivity contribution in [3.8, 4) is 5.75 Å². The van der Waals surface area contributed by atoms with Crippen molar-refractivity contribution < 1.29 is 14.3 Å². The molecular formula is C19H19ClN2O3. The van der Waals surface area contributed by atoms with Gasteiger partial charge in [0.2, 0.25) is 0 Å². The third-order valence-corrected chi connectivity index (χ3v) is 4.53. The van der Waals surface area contributed by atoms with Crippen LogP contribution in [0, 0.1) is 0 Å². The Bertz CT molecular complexity index is 768. The Hall–Kier alpha value is -2.53. The Morgan fingerprint density at radius 2 is 1.44 bits per heavy atom. The number of ether oxygens (including phenoxy) is 1. The van der Waals surface area contributed by atoms with Crippen LogP contribution in [0.15, 0.2) is 48.5 Å². The zero-order valence-corrected chi connectivity index (χ0v) is 14.7. The topological polar surface area (TPSA) is 49.9 Å². The first kappa shape index (κ1) is 17.3. The molecule has 0 aliphatic carbocycles. The molecule has 25 heavy (non-hydrogen) atoms. The molecule has 130 valence electrons. The van der Waals surface area contributed by atoms with E-state index >= 15 is 0 Å². The van der Waals surface area contributed by atoms with Crippen molar-refractivity contribution in [3.63, 3.8) is 0 Å². The number of piperazine rings is 1. The second-order valence-electron chi connectivity index (χ2n) is 5.79. The number of para-hydroxylation sites is 1. The predicted molar refractivity (Wildman–Crippen MR) is 96.3 cm³/mol. The van der Waals surface area contributed by atoms with Gasteiger partial charge in [0, 0.05) is 36.8 Å². The van der Waals surface area contributed by atoms with Crippen molar-refractivity contribution in [1.82, 2.24) is 9.80 Å². The molecule has 0 atom stereocenters. The van der Waals surface area contributed by atoms with Gasteiger partial charge >= 0.3 is 0 Å². The predicted octanol–water partition coefficient (Wildman–Crippen LogP) is 2.95. The largest absolute Gasteiger partial charge is 0.496 e. The van der Waals surface area contributed by atoms with Gasteiger partial charge in [0.25, 0.3) is 11.8 Å². The molecule has 2 aromatic carbocycles. The van der Waals surface area contributed by atoms with E-state index in [1.807, 2.05) is 12.1 Å². The van der Waals surface area contributed by atoms with Crippen LogP contribution in [-0.2, 0) is 0 Å². The minimum atomic E-state index is -0.0731. The Labute approximate surface area is 151 Å². The highest BCUT2D eigenvalue weighted by Gasteiger charge is 2.26. The number of carbonyl (C=O) groups is 2. The number of methoxy groups -OCH3 is 1. The zero-order valence-electron chi connectivity index (χ0n) is 13.9. The third-order valence-electron chi connectivity index (χ3n) is 4.28. The summed E-state index contributed by atoms with van der Waals surface area (Å²) >= 11 is 5.86. The van der Waals surface area contributed by atoms with E-state index in [0.29, 0.717) is 48.1 Å². The number of rotatable bonds is 3. The summed E-state index contributed by atoms with van der Waals surface area (Å²) in [4.78, 5) is 28.7. The number of hydrogen-bond acceptors (Lipinski definition) is 3. The van der Waals surface area contributed by atoms with Gasteiger partial charge in [-0.1, -0.05) is 23.7 Å². The molecule has 0 radical (unpaired) electrons. The van der Waals surface area contributed by atoms with Crippen LogP contribution in [0.5, 0.6) is 5.75 Å². The Morgan fingerprint density at radius 1 is 0.880 bits per heavy atom. The minimum Gasteiger partial charge on any atom is -0.496 e. The summed E-state index contributed by atoms with van der Waals surface area (Å²) in [5.74, 6) is 0.448. The molecular weight excluding hydrogens is 340 g/mol. The highest BCUT2D eigenvalue weighted by Crippen LogP contribution is 2.20. The highest BCUT2D eigenvalue weighted by molar-refractivity contribution is 6.30. The van der Waals surface area contributed by atoms with Crippen LogP contribution in [0.4, 0.5) is 0 Å². The van der Waals surface area contributed by atoms with Crippen LogP contribution in [0.25, 0.3) is 0 Å². The molecule has 0 aromatic heterocycles. The Morgan fingerprint density at radius 3 is 2.04 bits per heavy atom. The molecule has 0 bridgehead atoms. The van der Waals surface area contributed by atoms with Gasteiger partial charge in [-0.25, -0.2) is 0 Å². The van der Waals surface area contributed by atoms with Crippen molar-refractivity contribution in [2.75, 3.05) is 33.3 Å². The number of nitrogens with zero attached hydrogens (tertiary/aromatic N) is 2. The van der Waals surface area contributed by atoms with Gasteiger partial charge in [-0.15, -0.1) is 0 Å². The van der Waals surface area contributed by atoms with Crippen molar-refractivity contribution >= 4 is 23.4 Å². The molecule has 2 aromatic rings. The molecule has 1 saturated heterocycles. The van der Waals surface area contributed by atoms with E-state index in [1.165, 1.54) is 0 Å². The smallest absolute Gasteiger partial charge is 0.257 e. The molecule has 0 unspecified atom stereocenters. The summed E-state index contributed by atoms with van der Waals surface area (Å²) in [6.07, 6.45) is 0. The van der Waals surface area contributed by atoms with Gasteiger partial charge < -0.3 is 14.5 Å². The monoisotopic (exact) mass is 358 g/mol. The van der Waals surface area contributed by atoms with Crippen LogP contribution in [0.2, 0.25) is 5.02 Å².